The highest BCUT2D eigenvalue weighted by Crippen LogP contribution is 2.23. The van der Waals surface area contributed by atoms with Gasteiger partial charge in [0.05, 0.1) is 0 Å². The molecule has 0 fully saturated rings. The Labute approximate surface area is 175 Å². The average Bonchev–Trinajstić information content (AvgIpc) is 3.18. The Kier molecular flexibility index (Phi) is 5.90. The fourth-order valence-electron chi connectivity index (χ4n) is 3.00. The van der Waals surface area contributed by atoms with E-state index >= 15 is 0 Å². The number of nitrogens with zero attached hydrogens (tertiary/aromatic N) is 1. The Morgan fingerprint density at radius 3 is 2.30 bits per heavy atom. The van der Waals surface area contributed by atoms with Crippen LogP contribution in [-0.2, 0) is 13.2 Å². The molecule has 1 aromatic heterocycles. The number of oxazole rings is 1. The molecule has 0 aliphatic rings. The Bertz CT molecular complexity index is 1100. The quantitative estimate of drug-likeness (QED) is 0.467. The highest BCUT2D eigenvalue weighted by molar-refractivity contribution is 5.94. The molecule has 0 saturated heterocycles. The molecule has 150 valence electrons. The third-order valence-corrected chi connectivity index (χ3v) is 4.70. The van der Waals surface area contributed by atoms with Gasteiger partial charge in [0.15, 0.2) is 0 Å². The maximum atomic E-state index is 12.4. The van der Waals surface area contributed by atoms with Crippen molar-refractivity contribution in [3.05, 3.63) is 108 Å². The number of rotatable bonds is 7. The molecular formula is C25H22N2O3. The Hall–Kier alpha value is -3.86. The molecule has 5 heteroatoms. The van der Waals surface area contributed by atoms with E-state index in [2.05, 4.69) is 10.3 Å². The lowest BCUT2D eigenvalue weighted by Crippen LogP contribution is -2.22. The molecule has 4 aromatic rings. The summed E-state index contributed by atoms with van der Waals surface area (Å²) >= 11 is 0. The molecule has 0 aliphatic heterocycles. The van der Waals surface area contributed by atoms with Crippen LogP contribution in [0, 0.1) is 6.92 Å². The molecule has 0 atom stereocenters. The van der Waals surface area contributed by atoms with Gasteiger partial charge in [0, 0.05) is 17.7 Å². The summed E-state index contributed by atoms with van der Waals surface area (Å²) in [5, 5.41) is 2.93. The zero-order valence-electron chi connectivity index (χ0n) is 16.7. The van der Waals surface area contributed by atoms with Crippen LogP contribution >= 0.6 is 0 Å². The number of ether oxygens (including phenoxy) is 1. The molecule has 0 saturated carbocycles. The lowest BCUT2D eigenvalue weighted by atomic mass is 10.1. The van der Waals surface area contributed by atoms with Crippen LogP contribution < -0.4 is 10.1 Å². The van der Waals surface area contributed by atoms with Gasteiger partial charge in [-0.05, 0) is 48.9 Å². The first-order chi connectivity index (χ1) is 14.7. The van der Waals surface area contributed by atoms with E-state index in [1.54, 1.807) is 12.1 Å². The van der Waals surface area contributed by atoms with Crippen molar-refractivity contribution in [3.63, 3.8) is 0 Å². The van der Waals surface area contributed by atoms with Crippen LogP contribution in [0.2, 0.25) is 0 Å². The molecule has 1 heterocycles. The molecule has 1 amide bonds. The fraction of sp³-hybridized carbons (Fsp3) is 0.120. The zero-order chi connectivity index (χ0) is 20.8. The van der Waals surface area contributed by atoms with E-state index in [1.165, 1.54) is 0 Å². The Balaban J connectivity index is 1.39. The van der Waals surface area contributed by atoms with Gasteiger partial charge in [0.2, 0.25) is 5.89 Å². The zero-order valence-corrected chi connectivity index (χ0v) is 16.7. The summed E-state index contributed by atoms with van der Waals surface area (Å²) in [7, 11) is 0. The van der Waals surface area contributed by atoms with Crippen LogP contribution in [0.15, 0.2) is 89.3 Å². The summed E-state index contributed by atoms with van der Waals surface area (Å²) in [5.74, 6) is 1.89. The number of carbonyl (C=O) groups excluding carboxylic acids is 1. The van der Waals surface area contributed by atoms with Gasteiger partial charge < -0.3 is 14.5 Å². The van der Waals surface area contributed by atoms with Gasteiger partial charge in [-0.1, -0.05) is 48.5 Å². The first kappa shape index (κ1) is 19.5. The van der Waals surface area contributed by atoms with Gasteiger partial charge in [-0.25, -0.2) is 4.98 Å². The minimum Gasteiger partial charge on any atom is -0.487 e. The number of aromatic nitrogens is 1. The number of benzene rings is 3. The van der Waals surface area contributed by atoms with E-state index in [4.69, 9.17) is 9.15 Å². The molecule has 3 aromatic carbocycles. The summed E-state index contributed by atoms with van der Waals surface area (Å²) in [6.45, 7) is 2.69. The van der Waals surface area contributed by atoms with Crippen LogP contribution in [0.3, 0.4) is 0 Å². The fourth-order valence-corrected chi connectivity index (χ4v) is 3.00. The predicted molar refractivity (Wildman–Crippen MR) is 115 cm³/mol. The molecule has 30 heavy (non-hydrogen) atoms. The second kappa shape index (κ2) is 9.09. The van der Waals surface area contributed by atoms with E-state index in [0.29, 0.717) is 30.4 Å². The number of carbonyl (C=O) groups is 1. The van der Waals surface area contributed by atoms with Crippen LogP contribution in [0.1, 0.15) is 27.4 Å². The first-order valence-corrected chi connectivity index (χ1v) is 9.76. The van der Waals surface area contributed by atoms with Crippen molar-refractivity contribution in [2.24, 2.45) is 0 Å². The molecule has 0 aliphatic carbocycles. The molecule has 1 N–H and O–H groups in total. The molecular weight excluding hydrogens is 376 g/mol. The first-order valence-electron chi connectivity index (χ1n) is 9.76. The lowest BCUT2D eigenvalue weighted by Gasteiger charge is -2.06. The smallest absolute Gasteiger partial charge is 0.251 e. The largest absolute Gasteiger partial charge is 0.487 e. The van der Waals surface area contributed by atoms with Crippen molar-refractivity contribution in [3.8, 4) is 17.2 Å². The summed E-state index contributed by atoms with van der Waals surface area (Å²) in [5.41, 5.74) is 3.20. The predicted octanol–water partition coefficient (Wildman–Crippen LogP) is 5.16. The summed E-state index contributed by atoms with van der Waals surface area (Å²) < 4.78 is 11.6. The van der Waals surface area contributed by atoms with Crippen molar-refractivity contribution < 1.29 is 13.9 Å². The summed E-state index contributed by atoms with van der Waals surface area (Å²) in [4.78, 5) is 16.9. The van der Waals surface area contributed by atoms with Crippen molar-refractivity contribution in [2.75, 3.05) is 0 Å². The second-order valence-electron chi connectivity index (χ2n) is 6.87. The molecule has 0 bridgehead atoms. The number of hydrogen-bond donors (Lipinski definition) is 1. The van der Waals surface area contributed by atoms with Crippen molar-refractivity contribution >= 4 is 5.91 Å². The minimum atomic E-state index is -0.120. The topological polar surface area (TPSA) is 64.4 Å². The van der Waals surface area contributed by atoms with Gasteiger partial charge in [-0.2, -0.15) is 0 Å². The number of hydrogen-bond acceptors (Lipinski definition) is 4. The standard InChI is InChI=1S/C25H22N2O3/c1-18-23(17-29-22-10-6-3-7-11-22)27-25(30-18)21-14-12-20(13-15-21)24(28)26-16-19-8-4-2-5-9-19/h2-15H,16-17H2,1H3,(H,26,28). The third-order valence-electron chi connectivity index (χ3n) is 4.70. The molecule has 0 unspecified atom stereocenters. The van der Waals surface area contributed by atoms with E-state index in [1.807, 2.05) is 79.7 Å². The monoisotopic (exact) mass is 398 g/mol. The van der Waals surface area contributed by atoms with E-state index in [-0.39, 0.29) is 5.91 Å². The van der Waals surface area contributed by atoms with Crippen LogP contribution in [0.4, 0.5) is 0 Å². The minimum absolute atomic E-state index is 0.120. The maximum absolute atomic E-state index is 12.4. The van der Waals surface area contributed by atoms with Crippen LogP contribution in [0.25, 0.3) is 11.5 Å². The van der Waals surface area contributed by atoms with Gasteiger partial charge in [0.25, 0.3) is 5.91 Å². The van der Waals surface area contributed by atoms with Crippen molar-refractivity contribution in [1.82, 2.24) is 10.3 Å². The van der Waals surface area contributed by atoms with Crippen molar-refractivity contribution in [1.29, 1.82) is 0 Å². The van der Waals surface area contributed by atoms with Gasteiger partial charge in [-0.3, -0.25) is 4.79 Å². The highest BCUT2D eigenvalue weighted by atomic mass is 16.5. The SMILES string of the molecule is Cc1oc(-c2ccc(C(=O)NCc3ccccc3)cc2)nc1COc1ccccc1. The number of nitrogens with one attached hydrogen (secondary N) is 1. The maximum Gasteiger partial charge on any atom is 0.251 e. The molecule has 5 nitrogen and oxygen atoms in total. The average molecular weight is 398 g/mol. The number of amides is 1. The van der Waals surface area contributed by atoms with Gasteiger partial charge in [0.1, 0.15) is 23.8 Å². The second-order valence-corrected chi connectivity index (χ2v) is 6.87. The number of aryl methyl sites for hydroxylation is 1. The molecule has 0 spiro atoms. The van der Waals surface area contributed by atoms with E-state index < -0.39 is 0 Å². The molecule has 0 radical (unpaired) electrons. The summed E-state index contributed by atoms with van der Waals surface area (Å²) in [6.07, 6.45) is 0. The van der Waals surface area contributed by atoms with Crippen LogP contribution in [0.5, 0.6) is 5.75 Å². The Morgan fingerprint density at radius 2 is 1.60 bits per heavy atom. The Morgan fingerprint density at radius 1 is 0.933 bits per heavy atom. The van der Waals surface area contributed by atoms with Crippen molar-refractivity contribution in [2.45, 2.75) is 20.1 Å². The number of para-hydroxylation sites is 1. The van der Waals surface area contributed by atoms with Gasteiger partial charge in [-0.15, -0.1) is 0 Å². The highest BCUT2D eigenvalue weighted by Gasteiger charge is 2.13. The molecule has 4 rings (SSSR count). The third kappa shape index (κ3) is 4.75. The van der Waals surface area contributed by atoms with Crippen LogP contribution in [-0.4, -0.2) is 10.9 Å². The summed E-state index contributed by atoms with van der Waals surface area (Å²) in [6, 6.07) is 26.6. The lowest BCUT2D eigenvalue weighted by molar-refractivity contribution is 0.0951. The van der Waals surface area contributed by atoms with E-state index in [0.717, 1.165) is 22.6 Å². The van der Waals surface area contributed by atoms with E-state index in [9.17, 15) is 4.79 Å². The van der Waals surface area contributed by atoms with Gasteiger partial charge >= 0.3 is 0 Å². The normalized spacial score (nSPS) is 10.6.